The molecule has 0 saturated carbocycles. The van der Waals surface area contributed by atoms with Gasteiger partial charge in [-0.15, -0.1) is 12.4 Å². The Bertz CT molecular complexity index is 626. The molecule has 3 nitrogen and oxygen atoms in total. The molecule has 0 spiro atoms. The third-order valence-corrected chi connectivity index (χ3v) is 4.16. The van der Waals surface area contributed by atoms with Crippen LogP contribution in [0, 0.1) is 6.92 Å². The predicted molar refractivity (Wildman–Crippen MR) is 107 cm³/mol. The fourth-order valence-corrected chi connectivity index (χ4v) is 2.68. The van der Waals surface area contributed by atoms with E-state index >= 15 is 0 Å². The molecule has 0 radical (unpaired) electrons. The molecule has 0 aliphatic heterocycles. The highest BCUT2D eigenvalue weighted by Crippen LogP contribution is 2.18. The van der Waals surface area contributed by atoms with E-state index in [2.05, 4.69) is 67.6 Å². The lowest BCUT2D eigenvalue weighted by Gasteiger charge is -2.21. The average molecular weight is 361 g/mol. The van der Waals surface area contributed by atoms with E-state index in [0.717, 1.165) is 19.4 Å². The van der Waals surface area contributed by atoms with Gasteiger partial charge >= 0.3 is 0 Å². The lowest BCUT2D eigenvalue weighted by Crippen LogP contribution is -2.31. The van der Waals surface area contributed by atoms with Crippen molar-refractivity contribution in [3.8, 4) is 0 Å². The second-order valence-corrected chi connectivity index (χ2v) is 6.61. The summed E-state index contributed by atoms with van der Waals surface area (Å²) in [5.41, 5.74) is 3.61. The van der Waals surface area contributed by atoms with Gasteiger partial charge in [0.2, 0.25) is 5.91 Å². The first-order valence-corrected chi connectivity index (χ1v) is 8.59. The van der Waals surface area contributed by atoms with Crippen LogP contribution in [0.25, 0.3) is 0 Å². The van der Waals surface area contributed by atoms with Gasteiger partial charge in [-0.2, -0.15) is 0 Å². The first kappa shape index (κ1) is 21.2. The number of rotatable bonds is 8. The van der Waals surface area contributed by atoms with Crippen molar-refractivity contribution in [2.24, 2.45) is 0 Å². The fraction of sp³-hybridized carbons (Fsp3) is 0.381. The van der Waals surface area contributed by atoms with Crippen LogP contribution in [-0.2, 0) is 11.2 Å². The van der Waals surface area contributed by atoms with Gasteiger partial charge in [0.1, 0.15) is 0 Å². The Labute approximate surface area is 157 Å². The molecule has 2 aromatic rings. The molecule has 0 aromatic heterocycles. The van der Waals surface area contributed by atoms with Crippen LogP contribution >= 0.6 is 12.4 Å². The van der Waals surface area contributed by atoms with Crippen molar-refractivity contribution in [2.45, 2.75) is 32.2 Å². The molecule has 0 aliphatic rings. The van der Waals surface area contributed by atoms with Gasteiger partial charge in [0.15, 0.2) is 0 Å². The maximum Gasteiger partial charge on any atom is 0.220 e. The van der Waals surface area contributed by atoms with E-state index < -0.39 is 0 Å². The predicted octanol–water partition coefficient (Wildman–Crippen LogP) is 4.16. The zero-order valence-electron chi connectivity index (χ0n) is 15.4. The highest BCUT2D eigenvalue weighted by molar-refractivity contribution is 5.85. The van der Waals surface area contributed by atoms with Crippen molar-refractivity contribution >= 4 is 18.3 Å². The molecule has 4 heteroatoms. The van der Waals surface area contributed by atoms with Crippen LogP contribution in [0.2, 0.25) is 0 Å². The van der Waals surface area contributed by atoms with E-state index in [-0.39, 0.29) is 24.4 Å². The van der Waals surface area contributed by atoms with E-state index in [9.17, 15) is 4.79 Å². The standard InChI is InChI=1S/C21H28N2O.ClH/c1-17-9-12-19(13-10-17)20(15-16-23(2)3)22-21(24)14-11-18-7-5-4-6-8-18;/h4-10,12-13,20H,11,14-16H2,1-3H3,(H,22,24);1H. The quantitative estimate of drug-likeness (QED) is 0.766. The molecular weight excluding hydrogens is 332 g/mol. The lowest BCUT2D eigenvalue weighted by molar-refractivity contribution is -0.121. The smallest absolute Gasteiger partial charge is 0.220 e. The zero-order valence-corrected chi connectivity index (χ0v) is 16.2. The number of carbonyl (C=O) groups excluding carboxylic acids is 1. The van der Waals surface area contributed by atoms with Crippen LogP contribution in [0.3, 0.4) is 0 Å². The Kier molecular flexibility index (Phi) is 9.25. The number of halogens is 1. The lowest BCUT2D eigenvalue weighted by atomic mass is 10.0. The van der Waals surface area contributed by atoms with Crippen molar-refractivity contribution < 1.29 is 4.79 Å². The van der Waals surface area contributed by atoms with E-state index in [0.29, 0.717) is 6.42 Å². The largest absolute Gasteiger partial charge is 0.349 e. The molecule has 0 aliphatic carbocycles. The highest BCUT2D eigenvalue weighted by atomic mass is 35.5. The van der Waals surface area contributed by atoms with Gasteiger partial charge in [0.05, 0.1) is 6.04 Å². The van der Waals surface area contributed by atoms with E-state index in [1.54, 1.807) is 0 Å². The third-order valence-electron chi connectivity index (χ3n) is 4.16. The summed E-state index contributed by atoms with van der Waals surface area (Å²) in [5.74, 6) is 0.114. The molecule has 0 fully saturated rings. The summed E-state index contributed by atoms with van der Waals surface area (Å²) >= 11 is 0. The minimum atomic E-state index is 0. The third kappa shape index (κ3) is 7.72. The molecule has 1 amide bonds. The fourth-order valence-electron chi connectivity index (χ4n) is 2.68. The summed E-state index contributed by atoms with van der Waals surface area (Å²) in [7, 11) is 4.12. The van der Waals surface area contributed by atoms with Crippen LogP contribution in [0.15, 0.2) is 54.6 Å². The van der Waals surface area contributed by atoms with E-state index in [4.69, 9.17) is 0 Å². The van der Waals surface area contributed by atoms with Gasteiger partial charge in [-0.05, 0) is 51.5 Å². The maximum absolute atomic E-state index is 12.4. The minimum absolute atomic E-state index is 0. The van der Waals surface area contributed by atoms with Crippen molar-refractivity contribution in [1.82, 2.24) is 10.2 Å². The van der Waals surface area contributed by atoms with Gasteiger partial charge in [-0.25, -0.2) is 0 Å². The minimum Gasteiger partial charge on any atom is -0.349 e. The van der Waals surface area contributed by atoms with Crippen molar-refractivity contribution in [1.29, 1.82) is 0 Å². The molecule has 0 heterocycles. The Morgan fingerprint density at radius 2 is 1.68 bits per heavy atom. The van der Waals surface area contributed by atoms with Crippen LogP contribution in [0.5, 0.6) is 0 Å². The van der Waals surface area contributed by atoms with E-state index in [1.807, 2.05) is 18.2 Å². The van der Waals surface area contributed by atoms with Crippen LogP contribution < -0.4 is 5.32 Å². The average Bonchev–Trinajstić information content (AvgIpc) is 2.58. The maximum atomic E-state index is 12.4. The molecule has 25 heavy (non-hydrogen) atoms. The summed E-state index contributed by atoms with van der Waals surface area (Å²) in [5, 5.41) is 3.21. The molecule has 2 aromatic carbocycles. The first-order chi connectivity index (χ1) is 11.5. The van der Waals surface area contributed by atoms with Crippen LogP contribution in [0.1, 0.15) is 35.6 Å². The molecule has 136 valence electrons. The molecule has 0 saturated heterocycles. The van der Waals surface area contributed by atoms with Gasteiger partial charge in [-0.3, -0.25) is 4.79 Å². The van der Waals surface area contributed by atoms with Crippen LogP contribution in [-0.4, -0.2) is 31.4 Å². The number of aryl methyl sites for hydroxylation is 2. The summed E-state index contributed by atoms with van der Waals surface area (Å²) in [6, 6.07) is 18.7. The van der Waals surface area contributed by atoms with Gasteiger partial charge in [0, 0.05) is 6.42 Å². The van der Waals surface area contributed by atoms with Gasteiger partial charge < -0.3 is 10.2 Å². The van der Waals surface area contributed by atoms with Crippen molar-refractivity contribution in [2.75, 3.05) is 20.6 Å². The number of amides is 1. The molecular formula is C21H29ClN2O. The molecule has 2 rings (SSSR count). The summed E-state index contributed by atoms with van der Waals surface area (Å²) in [4.78, 5) is 14.5. The number of nitrogens with one attached hydrogen (secondary N) is 1. The monoisotopic (exact) mass is 360 g/mol. The highest BCUT2D eigenvalue weighted by Gasteiger charge is 2.15. The second kappa shape index (κ2) is 10.9. The topological polar surface area (TPSA) is 32.3 Å². The van der Waals surface area contributed by atoms with Crippen molar-refractivity contribution in [3.63, 3.8) is 0 Å². The molecule has 1 N–H and O–H groups in total. The normalized spacial score (nSPS) is 11.7. The number of benzene rings is 2. The molecule has 0 bridgehead atoms. The van der Waals surface area contributed by atoms with Gasteiger partial charge in [0.25, 0.3) is 0 Å². The second-order valence-electron chi connectivity index (χ2n) is 6.61. The van der Waals surface area contributed by atoms with Crippen LogP contribution in [0.4, 0.5) is 0 Å². The SMILES string of the molecule is Cc1ccc(C(CCN(C)C)NC(=O)CCc2ccccc2)cc1.Cl. The molecule has 1 unspecified atom stereocenters. The first-order valence-electron chi connectivity index (χ1n) is 8.59. The number of hydrogen-bond acceptors (Lipinski definition) is 2. The molecule has 1 atom stereocenters. The number of nitrogens with zero attached hydrogens (tertiary/aromatic N) is 1. The summed E-state index contributed by atoms with van der Waals surface area (Å²) in [6.45, 7) is 3.02. The Morgan fingerprint density at radius 1 is 1.04 bits per heavy atom. The number of carbonyl (C=O) groups is 1. The Hall–Kier alpha value is -1.84. The van der Waals surface area contributed by atoms with E-state index in [1.165, 1.54) is 16.7 Å². The summed E-state index contributed by atoms with van der Waals surface area (Å²) < 4.78 is 0. The number of hydrogen-bond donors (Lipinski definition) is 1. The summed E-state index contributed by atoms with van der Waals surface area (Å²) in [6.07, 6.45) is 2.21. The van der Waals surface area contributed by atoms with Crippen molar-refractivity contribution in [3.05, 3.63) is 71.3 Å². The Morgan fingerprint density at radius 3 is 2.28 bits per heavy atom. The van der Waals surface area contributed by atoms with Gasteiger partial charge in [-0.1, -0.05) is 60.2 Å². The Balaban J connectivity index is 0.00000312. The zero-order chi connectivity index (χ0) is 17.4.